The van der Waals surface area contributed by atoms with Crippen molar-refractivity contribution in [1.29, 1.82) is 0 Å². The zero-order valence-electron chi connectivity index (χ0n) is 12.4. The van der Waals surface area contributed by atoms with Crippen LogP contribution in [0.2, 0.25) is 5.02 Å². The normalized spacial score (nSPS) is 13.0. The lowest BCUT2D eigenvalue weighted by Crippen LogP contribution is -2.25. The molecule has 1 amide bonds. The first kappa shape index (κ1) is 15.0. The third-order valence-electron chi connectivity index (χ3n) is 3.51. The number of rotatable bonds is 3. The molecule has 5 nitrogen and oxygen atoms in total. The van der Waals surface area contributed by atoms with Crippen LogP contribution in [-0.2, 0) is 4.79 Å². The standard InChI is InChI=1S/C17H12ClN3O2S/c18-11-2-4-12(5-3-11)19-17-21-14(9-24-17)10-1-6-15-13(7-10)20-16(22)8-23-15/h1-7,9H,8H2,(H,19,21)(H,20,22). The van der Waals surface area contributed by atoms with Crippen LogP contribution in [-0.4, -0.2) is 17.5 Å². The summed E-state index contributed by atoms with van der Waals surface area (Å²) in [6, 6.07) is 13.1. The molecule has 24 heavy (non-hydrogen) atoms. The quantitative estimate of drug-likeness (QED) is 0.722. The monoisotopic (exact) mass is 357 g/mol. The van der Waals surface area contributed by atoms with Crippen LogP contribution in [0.25, 0.3) is 11.3 Å². The summed E-state index contributed by atoms with van der Waals surface area (Å²) in [5, 5.41) is 9.49. The second-order valence-corrected chi connectivity index (χ2v) is 6.51. The maximum Gasteiger partial charge on any atom is 0.262 e. The first-order chi connectivity index (χ1) is 11.7. The molecule has 2 N–H and O–H groups in total. The van der Waals surface area contributed by atoms with E-state index in [9.17, 15) is 4.79 Å². The van der Waals surface area contributed by atoms with Crippen molar-refractivity contribution >= 4 is 45.4 Å². The van der Waals surface area contributed by atoms with Crippen LogP contribution in [0.3, 0.4) is 0 Å². The van der Waals surface area contributed by atoms with Gasteiger partial charge in [0.2, 0.25) is 0 Å². The number of carbonyl (C=O) groups is 1. The van der Waals surface area contributed by atoms with E-state index in [2.05, 4.69) is 15.6 Å². The van der Waals surface area contributed by atoms with Crippen LogP contribution < -0.4 is 15.4 Å². The van der Waals surface area contributed by atoms with Crippen LogP contribution in [0, 0.1) is 0 Å². The molecule has 4 rings (SSSR count). The summed E-state index contributed by atoms with van der Waals surface area (Å²) in [4.78, 5) is 16.0. The number of thiazole rings is 1. The van der Waals surface area contributed by atoms with E-state index in [1.165, 1.54) is 11.3 Å². The Labute approximate surface area is 147 Å². The van der Waals surface area contributed by atoms with Crippen LogP contribution in [0.1, 0.15) is 0 Å². The molecule has 2 aromatic carbocycles. The molecule has 0 radical (unpaired) electrons. The van der Waals surface area contributed by atoms with Crippen molar-refractivity contribution < 1.29 is 9.53 Å². The minimum absolute atomic E-state index is 0.0538. The molecule has 7 heteroatoms. The van der Waals surface area contributed by atoms with Gasteiger partial charge in [0.05, 0.1) is 11.4 Å². The Morgan fingerprint density at radius 2 is 2.04 bits per heavy atom. The fourth-order valence-corrected chi connectivity index (χ4v) is 3.23. The van der Waals surface area contributed by atoms with Crippen LogP contribution in [0.4, 0.5) is 16.5 Å². The molecule has 0 spiro atoms. The Morgan fingerprint density at radius 3 is 2.88 bits per heavy atom. The van der Waals surface area contributed by atoms with Crippen molar-refractivity contribution in [2.75, 3.05) is 17.2 Å². The van der Waals surface area contributed by atoms with Gasteiger partial charge >= 0.3 is 0 Å². The highest BCUT2D eigenvalue weighted by Crippen LogP contribution is 2.34. The molecule has 2 heterocycles. The van der Waals surface area contributed by atoms with Crippen molar-refractivity contribution in [1.82, 2.24) is 4.98 Å². The molecule has 120 valence electrons. The van der Waals surface area contributed by atoms with Crippen LogP contribution in [0.15, 0.2) is 47.8 Å². The minimum Gasteiger partial charge on any atom is -0.482 e. The number of amides is 1. The number of carbonyl (C=O) groups excluding carboxylic acids is 1. The van der Waals surface area contributed by atoms with Gasteiger partial charge in [0.25, 0.3) is 5.91 Å². The molecule has 0 fully saturated rings. The van der Waals surface area contributed by atoms with Crippen LogP contribution >= 0.6 is 22.9 Å². The number of halogens is 1. The van der Waals surface area contributed by atoms with Gasteiger partial charge in [-0.15, -0.1) is 11.3 Å². The van der Waals surface area contributed by atoms with Crippen molar-refractivity contribution in [3.63, 3.8) is 0 Å². The summed E-state index contributed by atoms with van der Waals surface area (Å²) in [6.45, 7) is 0.0538. The maximum atomic E-state index is 11.4. The van der Waals surface area contributed by atoms with E-state index in [-0.39, 0.29) is 12.5 Å². The van der Waals surface area contributed by atoms with Gasteiger partial charge in [-0.3, -0.25) is 4.79 Å². The molecule has 0 unspecified atom stereocenters. The lowest BCUT2D eigenvalue weighted by atomic mass is 10.1. The third kappa shape index (κ3) is 3.06. The molecule has 0 atom stereocenters. The van der Waals surface area contributed by atoms with E-state index in [0.717, 1.165) is 22.1 Å². The highest BCUT2D eigenvalue weighted by atomic mass is 35.5. The number of benzene rings is 2. The average Bonchev–Trinajstić information content (AvgIpc) is 3.05. The van der Waals surface area contributed by atoms with Gasteiger partial charge in [-0.05, 0) is 42.5 Å². The molecule has 0 saturated heterocycles. The molecule has 1 aliphatic rings. The van der Waals surface area contributed by atoms with Gasteiger partial charge in [-0.1, -0.05) is 11.6 Å². The van der Waals surface area contributed by atoms with E-state index < -0.39 is 0 Å². The van der Waals surface area contributed by atoms with Gasteiger partial charge < -0.3 is 15.4 Å². The summed E-state index contributed by atoms with van der Waals surface area (Å²) >= 11 is 7.39. The number of ether oxygens (including phenoxy) is 1. The Morgan fingerprint density at radius 1 is 1.21 bits per heavy atom. The molecule has 3 aromatic rings. The van der Waals surface area contributed by atoms with Gasteiger partial charge in [0, 0.05) is 21.7 Å². The fourth-order valence-electron chi connectivity index (χ4n) is 2.36. The maximum absolute atomic E-state index is 11.4. The van der Waals surface area contributed by atoms with Gasteiger partial charge in [-0.2, -0.15) is 0 Å². The van der Waals surface area contributed by atoms with Crippen molar-refractivity contribution in [2.45, 2.75) is 0 Å². The average molecular weight is 358 g/mol. The topological polar surface area (TPSA) is 63.2 Å². The highest BCUT2D eigenvalue weighted by molar-refractivity contribution is 7.14. The van der Waals surface area contributed by atoms with E-state index in [1.54, 1.807) is 0 Å². The number of fused-ring (bicyclic) bond motifs is 1. The van der Waals surface area contributed by atoms with Crippen molar-refractivity contribution in [3.8, 4) is 17.0 Å². The highest BCUT2D eigenvalue weighted by Gasteiger charge is 2.17. The third-order valence-corrected chi connectivity index (χ3v) is 4.52. The molecular formula is C17H12ClN3O2S. The molecule has 1 aliphatic heterocycles. The van der Waals surface area contributed by atoms with E-state index in [4.69, 9.17) is 16.3 Å². The number of hydrogen-bond acceptors (Lipinski definition) is 5. The van der Waals surface area contributed by atoms with Crippen molar-refractivity contribution in [2.24, 2.45) is 0 Å². The number of hydrogen-bond donors (Lipinski definition) is 2. The molecule has 0 aliphatic carbocycles. The Kier molecular flexibility index (Phi) is 3.84. The first-order valence-corrected chi connectivity index (χ1v) is 8.48. The molecule has 1 aromatic heterocycles. The van der Waals surface area contributed by atoms with Gasteiger partial charge in [0.1, 0.15) is 5.75 Å². The Balaban J connectivity index is 1.57. The largest absolute Gasteiger partial charge is 0.482 e. The Hall–Kier alpha value is -2.57. The summed E-state index contributed by atoms with van der Waals surface area (Å²) < 4.78 is 5.37. The fraction of sp³-hybridized carbons (Fsp3) is 0.0588. The predicted molar refractivity (Wildman–Crippen MR) is 96.4 cm³/mol. The second kappa shape index (κ2) is 6.14. The number of anilines is 3. The smallest absolute Gasteiger partial charge is 0.262 e. The summed E-state index contributed by atoms with van der Waals surface area (Å²) in [6.07, 6.45) is 0. The van der Waals surface area contributed by atoms with Crippen molar-refractivity contribution in [3.05, 3.63) is 52.9 Å². The minimum atomic E-state index is -0.150. The molecular weight excluding hydrogens is 346 g/mol. The number of nitrogens with one attached hydrogen (secondary N) is 2. The van der Waals surface area contributed by atoms with Gasteiger partial charge in [0.15, 0.2) is 11.7 Å². The van der Waals surface area contributed by atoms with Gasteiger partial charge in [-0.25, -0.2) is 4.98 Å². The lowest BCUT2D eigenvalue weighted by molar-refractivity contribution is -0.118. The summed E-state index contributed by atoms with van der Waals surface area (Å²) in [5.41, 5.74) is 3.34. The molecule has 0 bridgehead atoms. The number of aromatic nitrogens is 1. The van der Waals surface area contributed by atoms with E-state index in [1.807, 2.05) is 47.8 Å². The second-order valence-electron chi connectivity index (χ2n) is 5.22. The van der Waals surface area contributed by atoms with E-state index in [0.29, 0.717) is 16.5 Å². The zero-order chi connectivity index (χ0) is 16.5. The SMILES string of the molecule is O=C1COc2ccc(-c3csc(Nc4ccc(Cl)cc4)n3)cc2N1. The first-order valence-electron chi connectivity index (χ1n) is 7.22. The zero-order valence-corrected chi connectivity index (χ0v) is 13.9. The lowest BCUT2D eigenvalue weighted by Gasteiger charge is -2.18. The molecule has 0 saturated carbocycles. The van der Waals surface area contributed by atoms with Crippen LogP contribution in [0.5, 0.6) is 5.75 Å². The van der Waals surface area contributed by atoms with E-state index >= 15 is 0 Å². The summed E-state index contributed by atoms with van der Waals surface area (Å²) in [5.74, 6) is 0.524. The Bertz CT molecular complexity index is 908. The number of nitrogens with zero attached hydrogens (tertiary/aromatic N) is 1. The predicted octanol–water partition coefficient (Wildman–Crippen LogP) is 4.54. The summed E-state index contributed by atoms with van der Waals surface area (Å²) in [7, 11) is 0.